The van der Waals surface area contributed by atoms with Crippen molar-refractivity contribution in [2.45, 2.75) is 11.4 Å². The molecule has 0 fully saturated rings. The van der Waals surface area contributed by atoms with E-state index < -0.39 is 10.0 Å². The highest BCUT2D eigenvalue weighted by molar-refractivity contribution is 9.11. The molecule has 0 spiro atoms. The van der Waals surface area contributed by atoms with E-state index in [2.05, 4.69) is 27.8 Å². The molecule has 0 aromatic carbocycles. The van der Waals surface area contributed by atoms with Crippen molar-refractivity contribution in [1.29, 1.82) is 0 Å². The molecule has 0 atom stereocenters. The van der Waals surface area contributed by atoms with Gasteiger partial charge in [-0.25, -0.2) is 8.42 Å². The minimum atomic E-state index is -3.62. The van der Waals surface area contributed by atoms with Crippen LogP contribution < -0.4 is 5.32 Å². The van der Waals surface area contributed by atoms with E-state index in [1.54, 1.807) is 13.1 Å². The third-order valence-corrected chi connectivity index (χ3v) is 6.47. The Morgan fingerprint density at radius 3 is 2.84 bits per heavy atom. The number of nitrogens with one attached hydrogen (secondary N) is 1. The largest absolute Gasteiger partial charge is 0.395 e. The van der Waals surface area contributed by atoms with Gasteiger partial charge in [0.25, 0.3) is 0 Å². The van der Waals surface area contributed by atoms with Gasteiger partial charge in [0.2, 0.25) is 10.0 Å². The first-order valence-corrected chi connectivity index (χ1v) is 8.67. The lowest BCUT2D eigenvalue weighted by Gasteiger charge is -2.19. The molecule has 0 bridgehead atoms. The van der Waals surface area contributed by atoms with E-state index in [4.69, 9.17) is 5.11 Å². The topological polar surface area (TPSA) is 69.6 Å². The van der Waals surface area contributed by atoms with Crippen LogP contribution in [0.15, 0.2) is 27.4 Å². The third kappa shape index (κ3) is 4.11. The summed E-state index contributed by atoms with van der Waals surface area (Å²) in [6.45, 7) is 4.15. The highest BCUT2D eigenvalue weighted by Crippen LogP contribution is 2.33. The number of hydrogen-bond acceptors (Lipinski definition) is 5. The SMILES string of the molecule is C=CCN(CCO)S(=O)(=O)c1cc(CNC)sc1Br. The van der Waals surface area contributed by atoms with Crippen LogP contribution >= 0.6 is 27.3 Å². The van der Waals surface area contributed by atoms with Crippen LogP contribution in [0.4, 0.5) is 0 Å². The molecule has 1 aromatic heterocycles. The molecule has 0 saturated heterocycles. The fourth-order valence-corrected chi connectivity index (χ4v) is 5.59. The first-order chi connectivity index (χ1) is 8.97. The zero-order valence-electron chi connectivity index (χ0n) is 10.6. The van der Waals surface area contributed by atoms with Crippen LogP contribution in [-0.2, 0) is 16.6 Å². The molecule has 1 heterocycles. The van der Waals surface area contributed by atoms with Gasteiger partial charge in [0.15, 0.2) is 0 Å². The molecule has 0 aliphatic rings. The summed E-state index contributed by atoms with van der Waals surface area (Å²) in [5.74, 6) is 0. The Bertz CT molecular complexity index is 528. The lowest BCUT2D eigenvalue weighted by molar-refractivity contribution is 0.260. The first kappa shape index (κ1) is 16.8. The normalized spacial score (nSPS) is 12.0. The second-order valence-electron chi connectivity index (χ2n) is 3.76. The van der Waals surface area contributed by atoms with Crippen molar-refractivity contribution < 1.29 is 13.5 Å². The van der Waals surface area contributed by atoms with E-state index >= 15 is 0 Å². The van der Waals surface area contributed by atoms with Gasteiger partial charge < -0.3 is 10.4 Å². The van der Waals surface area contributed by atoms with E-state index in [0.29, 0.717) is 10.3 Å². The predicted octanol–water partition coefficient (Wildman–Crippen LogP) is 1.40. The Labute approximate surface area is 126 Å². The van der Waals surface area contributed by atoms with Gasteiger partial charge in [0, 0.05) is 24.5 Å². The predicted molar refractivity (Wildman–Crippen MR) is 80.8 cm³/mol. The number of thiophene rings is 1. The van der Waals surface area contributed by atoms with E-state index in [0.717, 1.165) is 4.88 Å². The zero-order valence-corrected chi connectivity index (χ0v) is 13.8. The number of hydrogen-bond donors (Lipinski definition) is 2. The molecular weight excluding hydrogens is 352 g/mol. The Kier molecular flexibility index (Phi) is 6.64. The van der Waals surface area contributed by atoms with E-state index in [1.807, 2.05) is 0 Å². The number of nitrogens with zero attached hydrogens (tertiary/aromatic N) is 1. The summed E-state index contributed by atoms with van der Waals surface area (Å²) >= 11 is 4.67. The summed E-state index contributed by atoms with van der Waals surface area (Å²) in [5, 5.41) is 12.0. The van der Waals surface area contributed by atoms with Crippen LogP contribution in [0.3, 0.4) is 0 Å². The van der Waals surface area contributed by atoms with E-state index in [1.165, 1.54) is 21.7 Å². The summed E-state index contributed by atoms with van der Waals surface area (Å²) < 4.78 is 26.7. The van der Waals surface area contributed by atoms with E-state index in [9.17, 15) is 8.42 Å². The number of sulfonamides is 1. The molecule has 0 unspecified atom stereocenters. The first-order valence-electron chi connectivity index (χ1n) is 5.62. The van der Waals surface area contributed by atoms with Gasteiger partial charge in [-0.3, -0.25) is 0 Å². The molecule has 1 rings (SSSR count). The molecule has 5 nitrogen and oxygen atoms in total. The van der Waals surface area contributed by atoms with Crippen LogP contribution in [0.25, 0.3) is 0 Å². The quantitative estimate of drug-likeness (QED) is 0.680. The van der Waals surface area contributed by atoms with Crippen molar-refractivity contribution >= 4 is 37.3 Å². The Morgan fingerprint density at radius 1 is 1.63 bits per heavy atom. The molecule has 19 heavy (non-hydrogen) atoms. The minimum Gasteiger partial charge on any atom is -0.395 e. The van der Waals surface area contributed by atoms with Crippen molar-refractivity contribution in [3.63, 3.8) is 0 Å². The summed E-state index contributed by atoms with van der Waals surface area (Å²) in [5.41, 5.74) is 0. The summed E-state index contributed by atoms with van der Waals surface area (Å²) in [7, 11) is -1.81. The third-order valence-electron chi connectivity index (χ3n) is 2.36. The highest BCUT2D eigenvalue weighted by atomic mass is 79.9. The highest BCUT2D eigenvalue weighted by Gasteiger charge is 2.27. The monoisotopic (exact) mass is 368 g/mol. The molecule has 0 radical (unpaired) electrons. The maximum absolute atomic E-state index is 12.5. The molecular formula is C11H17BrN2O3S2. The van der Waals surface area contributed by atoms with Gasteiger partial charge in [-0.2, -0.15) is 4.31 Å². The van der Waals surface area contributed by atoms with Gasteiger partial charge in [-0.1, -0.05) is 6.08 Å². The maximum Gasteiger partial charge on any atom is 0.245 e. The average molecular weight is 369 g/mol. The van der Waals surface area contributed by atoms with Crippen LogP contribution in [0.2, 0.25) is 0 Å². The molecule has 2 N–H and O–H groups in total. The van der Waals surface area contributed by atoms with Crippen LogP contribution in [0.5, 0.6) is 0 Å². The fraction of sp³-hybridized carbons (Fsp3) is 0.455. The molecule has 0 aliphatic carbocycles. The summed E-state index contributed by atoms with van der Waals surface area (Å²) in [6.07, 6.45) is 1.50. The maximum atomic E-state index is 12.5. The Morgan fingerprint density at radius 2 is 2.32 bits per heavy atom. The van der Waals surface area contributed by atoms with Crippen LogP contribution in [-0.4, -0.2) is 44.6 Å². The lowest BCUT2D eigenvalue weighted by atomic mass is 10.5. The lowest BCUT2D eigenvalue weighted by Crippen LogP contribution is -2.33. The molecule has 8 heteroatoms. The van der Waals surface area contributed by atoms with Crippen molar-refractivity contribution in [3.8, 4) is 0 Å². The van der Waals surface area contributed by atoms with Gasteiger partial charge in [0.1, 0.15) is 4.90 Å². The standard InChI is InChI=1S/C11H17BrN2O3S2/c1-3-4-14(5-6-15)19(16,17)10-7-9(8-13-2)18-11(10)12/h3,7,13,15H,1,4-6,8H2,2H3. The van der Waals surface area contributed by atoms with Crippen LogP contribution in [0.1, 0.15) is 4.88 Å². The minimum absolute atomic E-state index is 0.0536. The number of halogens is 1. The summed E-state index contributed by atoms with van der Waals surface area (Å²) in [4.78, 5) is 1.16. The second-order valence-corrected chi connectivity index (χ2v) is 8.12. The average Bonchev–Trinajstić information content (AvgIpc) is 2.71. The number of aliphatic hydroxyl groups is 1. The number of aliphatic hydroxyl groups excluding tert-OH is 1. The fourth-order valence-electron chi connectivity index (χ4n) is 1.54. The molecule has 108 valence electrons. The number of rotatable bonds is 8. The van der Waals surface area contributed by atoms with Gasteiger partial charge in [-0.15, -0.1) is 17.9 Å². The molecule has 1 aromatic rings. The van der Waals surface area contributed by atoms with Gasteiger partial charge in [-0.05, 0) is 29.0 Å². The zero-order chi connectivity index (χ0) is 14.5. The van der Waals surface area contributed by atoms with Crippen molar-refractivity contribution in [1.82, 2.24) is 9.62 Å². The molecule has 0 amide bonds. The summed E-state index contributed by atoms with van der Waals surface area (Å²) in [6, 6.07) is 1.65. The van der Waals surface area contributed by atoms with Gasteiger partial charge >= 0.3 is 0 Å². The molecule has 0 saturated carbocycles. The van der Waals surface area contributed by atoms with Crippen molar-refractivity contribution in [3.05, 3.63) is 27.4 Å². The second kappa shape index (κ2) is 7.51. The Balaban J connectivity index is 3.13. The van der Waals surface area contributed by atoms with Crippen LogP contribution in [0, 0.1) is 0 Å². The van der Waals surface area contributed by atoms with Crippen molar-refractivity contribution in [2.24, 2.45) is 0 Å². The van der Waals surface area contributed by atoms with E-state index in [-0.39, 0.29) is 24.6 Å². The smallest absolute Gasteiger partial charge is 0.245 e. The van der Waals surface area contributed by atoms with Crippen molar-refractivity contribution in [2.75, 3.05) is 26.7 Å². The molecule has 0 aliphatic heterocycles. The Hall–Kier alpha value is -0.250. The van der Waals surface area contributed by atoms with Gasteiger partial charge in [0.05, 0.1) is 10.4 Å².